The summed E-state index contributed by atoms with van der Waals surface area (Å²) in [5.74, 6) is 0. The van der Waals surface area contributed by atoms with Crippen molar-refractivity contribution in [1.82, 2.24) is 30.0 Å². The number of aryl methyl sites for hydroxylation is 2. The molecule has 7 heteroatoms. The molecule has 2 aromatic heterocycles. The highest BCUT2D eigenvalue weighted by atomic mass is 15.5. The van der Waals surface area contributed by atoms with E-state index in [1.165, 1.54) is 0 Å². The van der Waals surface area contributed by atoms with E-state index in [2.05, 4.69) is 45.0 Å². The molecule has 3 rings (SSSR count). The van der Waals surface area contributed by atoms with Crippen molar-refractivity contribution in [1.29, 1.82) is 0 Å². The second kappa shape index (κ2) is 5.35. The van der Waals surface area contributed by atoms with Gasteiger partial charge in [0, 0.05) is 24.5 Å². The monoisotopic (exact) mass is 283 g/mol. The molecular weight excluding hydrogens is 266 g/mol. The van der Waals surface area contributed by atoms with Crippen molar-refractivity contribution in [2.45, 2.75) is 19.9 Å². The number of anilines is 1. The SMILES string of the molecule is Cc1ccc(NC(C)c2cnn(C)c2)cc1-n1cnnn1. The summed E-state index contributed by atoms with van der Waals surface area (Å²) in [6.07, 6.45) is 5.47. The Bertz CT molecular complexity index is 730. The van der Waals surface area contributed by atoms with Gasteiger partial charge in [0.15, 0.2) is 0 Å². The van der Waals surface area contributed by atoms with Gasteiger partial charge in [0.1, 0.15) is 6.33 Å². The molecule has 1 aromatic carbocycles. The average Bonchev–Trinajstić information content (AvgIpc) is 3.12. The van der Waals surface area contributed by atoms with Crippen LogP contribution >= 0.6 is 0 Å². The third-order valence-corrected chi connectivity index (χ3v) is 3.41. The molecule has 1 N–H and O–H groups in total. The Morgan fingerprint density at radius 1 is 1.29 bits per heavy atom. The molecule has 21 heavy (non-hydrogen) atoms. The van der Waals surface area contributed by atoms with E-state index in [4.69, 9.17) is 0 Å². The predicted octanol–water partition coefficient (Wildman–Crippen LogP) is 1.88. The molecule has 7 nitrogen and oxygen atoms in total. The van der Waals surface area contributed by atoms with Crippen LogP contribution in [0.15, 0.2) is 36.9 Å². The molecule has 0 aliphatic carbocycles. The van der Waals surface area contributed by atoms with Crippen LogP contribution in [0.1, 0.15) is 24.1 Å². The maximum Gasteiger partial charge on any atom is 0.143 e. The lowest BCUT2D eigenvalue weighted by Crippen LogP contribution is -2.07. The Hall–Kier alpha value is -2.70. The van der Waals surface area contributed by atoms with Crippen LogP contribution in [0.25, 0.3) is 5.69 Å². The topological polar surface area (TPSA) is 73.5 Å². The first-order valence-electron chi connectivity index (χ1n) is 6.72. The number of benzene rings is 1. The minimum absolute atomic E-state index is 0.170. The van der Waals surface area contributed by atoms with Crippen molar-refractivity contribution in [3.63, 3.8) is 0 Å². The fourth-order valence-corrected chi connectivity index (χ4v) is 2.21. The van der Waals surface area contributed by atoms with Gasteiger partial charge in [-0.1, -0.05) is 6.07 Å². The zero-order valence-electron chi connectivity index (χ0n) is 12.2. The highest BCUT2D eigenvalue weighted by molar-refractivity contribution is 5.55. The highest BCUT2D eigenvalue weighted by Gasteiger charge is 2.09. The van der Waals surface area contributed by atoms with Gasteiger partial charge in [0.05, 0.1) is 17.9 Å². The standard InChI is InChI=1S/C14H17N7/c1-10-4-5-13(6-14(10)21-9-15-18-19-21)17-11(2)12-7-16-20(3)8-12/h4-9,11,17H,1-3H3. The van der Waals surface area contributed by atoms with Crippen LogP contribution in [0.2, 0.25) is 0 Å². The number of hydrogen-bond donors (Lipinski definition) is 1. The van der Waals surface area contributed by atoms with Crippen LogP contribution < -0.4 is 5.32 Å². The molecule has 0 bridgehead atoms. The molecule has 1 unspecified atom stereocenters. The van der Waals surface area contributed by atoms with Gasteiger partial charge in [-0.25, -0.2) is 4.68 Å². The molecule has 0 saturated heterocycles. The normalized spacial score (nSPS) is 12.3. The number of tetrazole rings is 1. The van der Waals surface area contributed by atoms with Crippen LogP contribution in [0.3, 0.4) is 0 Å². The maximum absolute atomic E-state index is 4.20. The summed E-state index contributed by atoms with van der Waals surface area (Å²) in [6.45, 7) is 4.14. The summed E-state index contributed by atoms with van der Waals surface area (Å²) < 4.78 is 3.46. The van der Waals surface area contributed by atoms with E-state index < -0.39 is 0 Å². The van der Waals surface area contributed by atoms with Crippen molar-refractivity contribution in [3.05, 3.63) is 48.0 Å². The van der Waals surface area contributed by atoms with Crippen LogP contribution in [-0.2, 0) is 7.05 Å². The van der Waals surface area contributed by atoms with Gasteiger partial charge < -0.3 is 5.32 Å². The van der Waals surface area contributed by atoms with Crippen LogP contribution in [-0.4, -0.2) is 30.0 Å². The average molecular weight is 283 g/mol. The van der Waals surface area contributed by atoms with Crippen molar-refractivity contribution in [3.8, 4) is 5.69 Å². The lowest BCUT2D eigenvalue weighted by atomic mass is 10.1. The number of nitrogens with zero attached hydrogens (tertiary/aromatic N) is 6. The molecule has 1 atom stereocenters. The Labute approximate surface area is 122 Å². The Morgan fingerprint density at radius 3 is 2.81 bits per heavy atom. The molecule has 0 aliphatic heterocycles. The van der Waals surface area contributed by atoms with E-state index in [0.29, 0.717) is 0 Å². The van der Waals surface area contributed by atoms with E-state index >= 15 is 0 Å². The van der Waals surface area contributed by atoms with Crippen LogP contribution in [0.5, 0.6) is 0 Å². The number of hydrogen-bond acceptors (Lipinski definition) is 5. The van der Waals surface area contributed by atoms with Crippen molar-refractivity contribution < 1.29 is 0 Å². The fraction of sp³-hybridized carbons (Fsp3) is 0.286. The first-order valence-corrected chi connectivity index (χ1v) is 6.72. The molecule has 0 amide bonds. The maximum atomic E-state index is 4.20. The molecule has 108 valence electrons. The molecule has 3 aromatic rings. The minimum Gasteiger partial charge on any atom is -0.378 e. The summed E-state index contributed by atoms with van der Waals surface area (Å²) in [4.78, 5) is 0. The van der Waals surface area contributed by atoms with Gasteiger partial charge in [-0.15, -0.1) is 5.10 Å². The third-order valence-electron chi connectivity index (χ3n) is 3.41. The Balaban J connectivity index is 1.85. The van der Waals surface area contributed by atoms with E-state index in [-0.39, 0.29) is 6.04 Å². The third kappa shape index (κ3) is 2.76. The Kier molecular flexibility index (Phi) is 3.39. The van der Waals surface area contributed by atoms with Gasteiger partial charge in [-0.05, 0) is 42.0 Å². The Morgan fingerprint density at radius 2 is 2.14 bits per heavy atom. The molecular formula is C14H17N7. The lowest BCUT2D eigenvalue weighted by molar-refractivity contribution is 0.765. The van der Waals surface area contributed by atoms with Crippen LogP contribution in [0.4, 0.5) is 5.69 Å². The summed E-state index contributed by atoms with van der Waals surface area (Å²) >= 11 is 0. The molecule has 0 fully saturated rings. The number of rotatable bonds is 4. The largest absolute Gasteiger partial charge is 0.378 e. The van der Waals surface area contributed by atoms with E-state index in [0.717, 1.165) is 22.5 Å². The second-order valence-electron chi connectivity index (χ2n) is 5.07. The minimum atomic E-state index is 0.170. The van der Waals surface area contributed by atoms with Gasteiger partial charge >= 0.3 is 0 Å². The van der Waals surface area contributed by atoms with Crippen molar-refractivity contribution >= 4 is 5.69 Å². The van der Waals surface area contributed by atoms with Gasteiger partial charge in [0.2, 0.25) is 0 Å². The quantitative estimate of drug-likeness (QED) is 0.791. The van der Waals surface area contributed by atoms with E-state index in [1.54, 1.807) is 15.7 Å². The van der Waals surface area contributed by atoms with Crippen LogP contribution in [0, 0.1) is 6.92 Å². The summed E-state index contributed by atoms with van der Waals surface area (Å²) in [5.41, 5.74) is 4.23. The van der Waals surface area contributed by atoms with E-state index in [1.807, 2.05) is 32.4 Å². The smallest absolute Gasteiger partial charge is 0.143 e. The molecule has 0 spiro atoms. The zero-order valence-corrected chi connectivity index (χ0v) is 12.2. The van der Waals surface area contributed by atoms with Gasteiger partial charge in [-0.3, -0.25) is 4.68 Å². The predicted molar refractivity (Wildman–Crippen MR) is 79.1 cm³/mol. The molecule has 2 heterocycles. The van der Waals surface area contributed by atoms with E-state index in [9.17, 15) is 0 Å². The lowest BCUT2D eigenvalue weighted by Gasteiger charge is -2.15. The number of nitrogens with one attached hydrogen (secondary N) is 1. The van der Waals surface area contributed by atoms with Gasteiger partial charge in [-0.2, -0.15) is 5.10 Å². The van der Waals surface area contributed by atoms with Gasteiger partial charge in [0.25, 0.3) is 0 Å². The molecule has 0 saturated carbocycles. The first kappa shape index (κ1) is 13.3. The molecule has 0 radical (unpaired) electrons. The second-order valence-corrected chi connectivity index (χ2v) is 5.07. The molecule has 0 aliphatic rings. The fourth-order valence-electron chi connectivity index (χ4n) is 2.21. The van der Waals surface area contributed by atoms with Crippen molar-refractivity contribution in [2.75, 3.05) is 5.32 Å². The number of aromatic nitrogens is 6. The summed E-state index contributed by atoms with van der Waals surface area (Å²) in [7, 11) is 1.91. The summed E-state index contributed by atoms with van der Waals surface area (Å²) in [5, 5.41) is 19.0. The first-order chi connectivity index (χ1) is 10.1. The summed E-state index contributed by atoms with van der Waals surface area (Å²) in [6, 6.07) is 6.31. The zero-order chi connectivity index (χ0) is 14.8. The highest BCUT2D eigenvalue weighted by Crippen LogP contribution is 2.22. The van der Waals surface area contributed by atoms with Crippen molar-refractivity contribution in [2.24, 2.45) is 7.05 Å².